The Hall–Kier alpha value is -1.58. The molecule has 0 radical (unpaired) electrons. The van der Waals surface area contributed by atoms with E-state index in [-0.39, 0.29) is 0 Å². The molecule has 20 heavy (non-hydrogen) atoms. The van der Waals surface area contributed by atoms with Gasteiger partial charge in [-0.1, -0.05) is 29.8 Å². The highest BCUT2D eigenvalue weighted by Crippen LogP contribution is 2.30. The van der Waals surface area contributed by atoms with Crippen molar-refractivity contribution in [3.8, 4) is 0 Å². The van der Waals surface area contributed by atoms with E-state index in [0.29, 0.717) is 5.02 Å². The van der Waals surface area contributed by atoms with E-state index in [1.807, 2.05) is 36.7 Å². The number of aromatic nitrogens is 1. The van der Waals surface area contributed by atoms with E-state index in [4.69, 9.17) is 11.6 Å². The first-order valence-electron chi connectivity index (χ1n) is 6.24. The Kier molecular flexibility index (Phi) is 3.90. The topological polar surface area (TPSA) is 24.9 Å². The molecule has 100 valence electrons. The van der Waals surface area contributed by atoms with Crippen LogP contribution >= 0.6 is 27.5 Å². The zero-order valence-electron chi connectivity index (χ0n) is 10.6. The molecule has 0 fully saturated rings. The fourth-order valence-corrected chi connectivity index (χ4v) is 2.66. The number of hydrogen-bond donors (Lipinski definition) is 1. The molecule has 0 spiro atoms. The number of rotatable bonds is 3. The van der Waals surface area contributed by atoms with Crippen LogP contribution in [-0.2, 0) is 6.54 Å². The van der Waals surface area contributed by atoms with Crippen LogP contribution in [0.2, 0.25) is 5.02 Å². The van der Waals surface area contributed by atoms with Gasteiger partial charge < -0.3 is 5.32 Å². The predicted molar refractivity (Wildman–Crippen MR) is 88.2 cm³/mol. The van der Waals surface area contributed by atoms with Crippen LogP contribution in [0.3, 0.4) is 0 Å². The van der Waals surface area contributed by atoms with Gasteiger partial charge in [-0.15, -0.1) is 0 Å². The van der Waals surface area contributed by atoms with Crippen molar-refractivity contribution in [2.45, 2.75) is 6.54 Å². The van der Waals surface area contributed by atoms with Gasteiger partial charge in [0.05, 0.1) is 15.2 Å². The lowest BCUT2D eigenvalue weighted by Crippen LogP contribution is -2.00. The van der Waals surface area contributed by atoms with Crippen molar-refractivity contribution < 1.29 is 0 Å². The number of benzene rings is 2. The smallest absolute Gasteiger partial charge is 0.0593 e. The van der Waals surface area contributed by atoms with Crippen LogP contribution in [0.4, 0.5) is 5.69 Å². The normalized spacial score (nSPS) is 10.7. The number of fused-ring (bicyclic) bond motifs is 1. The molecule has 1 aromatic heterocycles. The molecule has 0 aliphatic carbocycles. The number of halogens is 2. The van der Waals surface area contributed by atoms with E-state index in [1.165, 1.54) is 10.9 Å². The molecule has 3 aromatic rings. The van der Waals surface area contributed by atoms with E-state index < -0.39 is 0 Å². The molecule has 2 nitrogen and oxygen atoms in total. The molecule has 0 aliphatic heterocycles. The summed E-state index contributed by atoms with van der Waals surface area (Å²) < 4.78 is 0.895. The summed E-state index contributed by atoms with van der Waals surface area (Å²) in [6, 6.07) is 14.2. The van der Waals surface area contributed by atoms with Crippen LogP contribution < -0.4 is 5.32 Å². The Balaban J connectivity index is 1.81. The maximum Gasteiger partial charge on any atom is 0.0593 e. The average Bonchev–Trinajstić information content (AvgIpc) is 2.48. The summed E-state index contributed by atoms with van der Waals surface area (Å²) in [5.74, 6) is 0. The third-order valence-electron chi connectivity index (χ3n) is 3.14. The van der Waals surface area contributed by atoms with Gasteiger partial charge in [-0.25, -0.2) is 0 Å². The fourth-order valence-electron chi connectivity index (χ4n) is 2.08. The first-order chi connectivity index (χ1) is 9.74. The first kappa shape index (κ1) is 13.4. The molecular weight excluding hydrogens is 336 g/mol. The first-order valence-corrected chi connectivity index (χ1v) is 7.42. The Morgan fingerprint density at radius 1 is 1.10 bits per heavy atom. The predicted octanol–water partition coefficient (Wildman–Crippen LogP) is 5.26. The van der Waals surface area contributed by atoms with E-state index >= 15 is 0 Å². The molecular formula is C16H12BrClN2. The lowest BCUT2D eigenvalue weighted by molar-refractivity contribution is 1.15. The van der Waals surface area contributed by atoms with Gasteiger partial charge in [-0.05, 0) is 51.1 Å². The van der Waals surface area contributed by atoms with Crippen molar-refractivity contribution in [1.82, 2.24) is 4.98 Å². The van der Waals surface area contributed by atoms with Crippen molar-refractivity contribution in [3.63, 3.8) is 0 Å². The van der Waals surface area contributed by atoms with Gasteiger partial charge >= 0.3 is 0 Å². The van der Waals surface area contributed by atoms with E-state index in [1.54, 1.807) is 0 Å². The van der Waals surface area contributed by atoms with Gasteiger partial charge in [0.1, 0.15) is 0 Å². The fraction of sp³-hybridized carbons (Fsp3) is 0.0625. The molecule has 1 N–H and O–H groups in total. The van der Waals surface area contributed by atoms with Gasteiger partial charge in [0.2, 0.25) is 0 Å². The van der Waals surface area contributed by atoms with Crippen molar-refractivity contribution in [2.24, 2.45) is 0 Å². The minimum Gasteiger partial charge on any atom is -0.380 e. The summed E-state index contributed by atoms with van der Waals surface area (Å²) in [4.78, 5) is 4.12. The lowest BCUT2D eigenvalue weighted by atomic mass is 10.1. The third-order valence-corrected chi connectivity index (χ3v) is 4.54. The van der Waals surface area contributed by atoms with Gasteiger partial charge in [0.15, 0.2) is 0 Å². The standard InChI is InChI=1S/C16H12BrClN2/c17-16-14(18)2-1-3-15(16)20-9-11-4-5-13-10-19-7-6-12(13)8-11/h1-8,10,20H,9H2. The maximum absolute atomic E-state index is 6.08. The second kappa shape index (κ2) is 5.81. The summed E-state index contributed by atoms with van der Waals surface area (Å²) in [6.45, 7) is 0.747. The Labute approximate surface area is 130 Å². The number of anilines is 1. The minimum absolute atomic E-state index is 0.708. The zero-order chi connectivity index (χ0) is 13.9. The molecule has 0 saturated heterocycles. The van der Waals surface area contributed by atoms with Gasteiger partial charge in [0.25, 0.3) is 0 Å². The summed E-state index contributed by atoms with van der Waals surface area (Å²) in [5, 5.41) is 6.45. The number of nitrogens with one attached hydrogen (secondary N) is 1. The molecule has 0 aliphatic rings. The summed E-state index contributed by atoms with van der Waals surface area (Å²) in [6.07, 6.45) is 3.69. The highest BCUT2D eigenvalue weighted by molar-refractivity contribution is 9.10. The van der Waals surface area contributed by atoms with Crippen molar-refractivity contribution >= 4 is 44.0 Å². The van der Waals surface area contributed by atoms with Crippen LogP contribution in [-0.4, -0.2) is 4.98 Å². The monoisotopic (exact) mass is 346 g/mol. The van der Waals surface area contributed by atoms with E-state index in [0.717, 1.165) is 22.1 Å². The highest BCUT2D eigenvalue weighted by atomic mass is 79.9. The van der Waals surface area contributed by atoms with Gasteiger partial charge in [0, 0.05) is 24.3 Å². The molecule has 0 saturated carbocycles. The van der Waals surface area contributed by atoms with Crippen LogP contribution in [0.1, 0.15) is 5.56 Å². The third kappa shape index (κ3) is 2.79. The second-order valence-corrected chi connectivity index (χ2v) is 5.71. The summed E-state index contributed by atoms with van der Waals surface area (Å²) in [7, 11) is 0. The highest BCUT2D eigenvalue weighted by Gasteiger charge is 2.03. The molecule has 0 amide bonds. The minimum atomic E-state index is 0.708. The molecule has 0 unspecified atom stereocenters. The maximum atomic E-state index is 6.08. The van der Waals surface area contributed by atoms with Crippen LogP contribution in [0, 0.1) is 0 Å². The molecule has 1 heterocycles. The summed E-state index contributed by atoms with van der Waals surface area (Å²) >= 11 is 9.57. The van der Waals surface area contributed by atoms with Gasteiger partial charge in [-0.2, -0.15) is 0 Å². The lowest BCUT2D eigenvalue weighted by Gasteiger charge is -2.10. The van der Waals surface area contributed by atoms with Crippen molar-refractivity contribution in [3.05, 3.63) is 69.9 Å². The largest absolute Gasteiger partial charge is 0.380 e. The SMILES string of the molecule is Clc1cccc(NCc2ccc3cnccc3c2)c1Br. The average molecular weight is 348 g/mol. The molecule has 0 atom stereocenters. The summed E-state index contributed by atoms with van der Waals surface area (Å²) in [5.41, 5.74) is 2.21. The Morgan fingerprint density at radius 2 is 2.00 bits per heavy atom. The molecule has 0 bridgehead atoms. The zero-order valence-corrected chi connectivity index (χ0v) is 12.9. The number of pyridine rings is 1. The quantitative estimate of drug-likeness (QED) is 0.699. The van der Waals surface area contributed by atoms with E-state index in [9.17, 15) is 0 Å². The molecule has 4 heteroatoms. The second-order valence-electron chi connectivity index (χ2n) is 4.51. The van der Waals surface area contributed by atoms with Gasteiger partial charge in [-0.3, -0.25) is 4.98 Å². The Morgan fingerprint density at radius 3 is 2.90 bits per heavy atom. The molecule has 3 rings (SSSR count). The number of hydrogen-bond acceptors (Lipinski definition) is 2. The Bertz CT molecular complexity index is 758. The van der Waals surface area contributed by atoms with Crippen LogP contribution in [0.5, 0.6) is 0 Å². The van der Waals surface area contributed by atoms with Crippen LogP contribution in [0.25, 0.3) is 10.8 Å². The number of nitrogens with zero attached hydrogens (tertiary/aromatic N) is 1. The van der Waals surface area contributed by atoms with E-state index in [2.05, 4.69) is 44.4 Å². The van der Waals surface area contributed by atoms with Crippen LogP contribution in [0.15, 0.2) is 59.3 Å². The molecule has 2 aromatic carbocycles. The van der Waals surface area contributed by atoms with Crippen molar-refractivity contribution in [1.29, 1.82) is 0 Å². The van der Waals surface area contributed by atoms with Crippen molar-refractivity contribution in [2.75, 3.05) is 5.32 Å².